The number of fused-ring (bicyclic) bond motifs is 1. The lowest BCUT2D eigenvalue weighted by atomic mass is 10.1. The minimum atomic E-state index is -3.05. The Morgan fingerprint density at radius 2 is 2.00 bits per heavy atom. The minimum absolute atomic E-state index is 0.0241. The Labute approximate surface area is 118 Å². The fourth-order valence-electron chi connectivity index (χ4n) is 1.92. The van der Waals surface area contributed by atoms with Gasteiger partial charge in [-0.2, -0.15) is 0 Å². The van der Waals surface area contributed by atoms with E-state index in [0.29, 0.717) is 17.9 Å². The Hall–Kier alpha value is -1.95. The summed E-state index contributed by atoms with van der Waals surface area (Å²) in [6.45, 7) is 0.297. The van der Waals surface area contributed by atoms with Gasteiger partial charge in [-0.05, 0) is 12.1 Å². The summed E-state index contributed by atoms with van der Waals surface area (Å²) >= 11 is 0. The number of pyridine rings is 1. The van der Waals surface area contributed by atoms with Crippen LogP contribution >= 0.6 is 0 Å². The summed E-state index contributed by atoms with van der Waals surface area (Å²) in [5.74, 6) is 0.526. The van der Waals surface area contributed by atoms with E-state index in [1.54, 1.807) is 18.0 Å². The van der Waals surface area contributed by atoms with Crippen molar-refractivity contribution in [1.82, 2.24) is 4.98 Å². The molecule has 5 nitrogen and oxygen atoms in total. The van der Waals surface area contributed by atoms with Crippen molar-refractivity contribution in [2.75, 3.05) is 30.5 Å². The topological polar surface area (TPSA) is 67.3 Å². The lowest BCUT2D eigenvalue weighted by Gasteiger charge is -2.19. The van der Waals surface area contributed by atoms with Crippen LogP contribution in [0, 0.1) is 0 Å². The van der Waals surface area contributed by atoms with Crippen LogP contribution in [-0.4, -0.2) is 45.3 Å². The van der Waals surface area contributed by atoms with Gasteiger partial charge in [-0.1, -0.05) is 18.2 Å². The molecule has 0 atom stereocenters. The molecule has 0 aliphatic rings. The monoisotopic (exact) mass is 292 g/mol. The summed E-state index contributed by atoms with van der Waals surface area (Å²) < 4.78 is 22.4. The zero-order chi connectivity index (χ0) is 14.8. The molecule has 0 saturated carbocycles. The number of para-hydroxylation sites is 1. The molecule has 0 bridgehead atoms. The molecule has 0 aliphatic carbocycles. The highest BCUT2D eigenvalue weighted by Gasteiger charge is 2.12. The van der Waals surface area contributed by atoms with E-state index in [1.165, 1.54) is 6.26 Å². The van der Waals surface area contributed by atoms with Gasteiger partial charge in [0.15, 0.2) is 6.29 Å². The van der Waals surface area contributed by atoms with Crippen molar-refractivity contribution in [3.05, 3.63) is 35.9 Å². The molecule has 0 aliphatic heterocycles. The van der Waals surface area contributed by atoms with Gasteiger partial charge in [-0.15, -0.1) is 0 Å². The van der Waals surface area contributed by atoms with Crippen LogP contribution in [0.15, 0.2) is 30.3 Å². The SMILES string of the molecule is CN(CCS(C)(=O)=O)c1nc2ccccc2cc1C=O. The maximum atomic E-state index is 11.2. The second-order valence-electron chi connectivity index (χ2n) is 4.76. The van der Waals surface area contributed by atoms with E-state index in [1.807, 2.05) is 24.3 Å². The lowest BCUT2D eigenvalue weighted by molar-refractivity contribution is 0.112. The van der Waals surface area contributed by atoms with E-state index in [2.05, 4.69) is 4.98 Å². The van der Waals surface area contributed by atoms with E-state index in [9.17, 15) is 13.2 Å². The van der Waals surface area contributed by atoms with Gasteiger partial charge >= 0.3 is 0 Å². The van der Waals surface area contributed by atoms with Gasteiger partial charge in [-0.3, -0.25) is 4.79 Å². The Kier molecular flexibility index (Phi) is 4.04. The predicted molar refractivity (Wildman–Crippen MR) is 80.1 cm³/mol. The lowest BCUT2D eigenvalue weighted by Crippen LogP contribution is -2.26. The van der Waals surface area contributed by atoms with Crippen molar-refractivity contribution in [2.24, 2.45) is 0 Å². The molecule has 1 heterocycles. The number of aromatic nitrogens is 1. The summed E-state index contributed by atoms with van der Waals surface area (Å²) in [6, 6.07) is 9.26. The number of carbonyl (C=O) groups excluding carboxylic acids is 1. The Morgan fingerprint density at radius 3 is 2.65 bits per heavy atom. The average molecular weight is 292 g/mol. The van der Waals surface area contributed by atoms with Crippen LogP contribution in [0.25, 0.3) is 10.9 Å². The highest BCUT2D eigenvalue weighted by atomic mass is 32.2. The van der Waals surface area contributed by atoms with E-state index >= 15 is 0 Å². The van der Waals surface area contributed by atoms with Crippen LogP contribution < -0.4 is 4.90 Å². The third-order valence-corrected chi connectivity index (χ3v) is 3.94. The van der Waals surface area contributed by atoms with Gasteiger partial charge in [-0.25, -0.2) is 13.4 Å². The quantitative estimate of drug-likeness (QED) is 0.782. The number of sulfone groups is 1. The molecule has 1 aromatic heterocycles. The van der Waals surface area contributed by atoms with Crippen LogP contribution in [0.4, 0.5) is 5.82 Å². The molecule has 0 unspecified atom stereocenters. The van der Waals surface area contributed by atoms with Gasteiger partial charge in [0.2, 0.25) is 0 Å². The maximum Gasteiger partial charge on any atom is 0.153 e. The fourth-order valence-corrected chi connectivity index (χ4v) is 2.53. The van der Waals surface area contributed by atoms with Crippen LogP contribution in [0.2, 0.25) is 0 Å². The molecule has 0 amide bonds. The van der Waals surface area contributed by atoms with Gasteiger partial charge in [0.05, 0.1) is 16.8 Å². The van der Waals surface area contributed by atoms with Gasteiger partial charge in [0.1, 0.15) is 15.7 Å². The molecule has 0 radical (unpaired) electrons. The van der Waals surface area contributed by atoms with E-state index in [4.69, 9.17) is 0 Å². The predicted octanol–water partition coefficient (Wildman–Crippen LogP) is 1.53. The Balaban J connectivity index is 2.39. The van der Waals surface area contributed by atoms with Crippen molar-refractivity contribution in [1.29, 1.82) is 0 Å². The standard InChI is InChI=1S/C14H16N2O3S/c1-16(7-8-20(2,18)19)14-12(10-17)9-11-5-3-4-6-13(11)15-14/h3-6,9-10H,7-8H2,1-2H3. The molecule has 0 spiro atoms. The molecule has 106 valence electrons. The first-order valence-electron chi connectivity index (χ1n) is 6.14. The Morgan fingerprint density at radius 1 is 1.30 bits per heavy atom. The molecule has 20 heavy (non-hydrogen) atoms. The second kappa shape index (κ2) is 5.58. The number of benzene rings is 1. The highest BCUT2D eigenvalue weighted by molar-refractivity contribution is 7.90. The van der Waals surface area contributed by atoms with Gasteiger partial charge in [0, 0.05) is 25.2 Å². The molecule has 0 fully saturated rings. The van der Waals surface area contributed by atoms with E-state index in [-0.39, 0.29) is 5.75 Å². The van der Waals surface area contributed by atoms with Crippen LogP contribution in [0.1, 0.15) is 10.4 Å². The first-order chi connectivity index (χ1) is 9.40. The normalized spacial score (nSPS) is 11.5. The maximum absolute atomic E-state index is 11.2. The molecular formula is C14H16N2O3S. The molecule has 0 saturated heterocycles. The number of carbonyl (C=O) groups is 1. The van der Waals surface area contributed by atoms with Gasteiger partial charge in [0.25, 0.3) is 0 Å². The summed E-state index contributed by atoms with van der Waals surface area (Å²) in [5, 5.41) is 0.884. The number of hydrogen-bond acceptors (Lipinski definition) is 5. The zero-order valence-corrected chi connectivity index (χ0v) is 12.2. The minimum Gasteiger partial charge on any atom is -0.358 e. The summed E-state index contributed by atoms with van der Waals surface area (Å²) in [7, 11) is -1.32. The summed E-state index contributed by atoms with van der Waals surface area (Å²) in [6.07, 6.45) is 1.93. The largest absolute Gasteiger partial charge is 0.358 e. The molecule has 0 N–H and O–H groups in total. The van der Waals surface area contributed by atoms with Crippen molar-refractivity contribution < 1.29 is 13.2 Å². The van der Waals surface area contributed by atoms with Crippen LogP contribution in [0.3, 0.4) is 0 Å². The molecule has 2 rings (SSSR count). The number of nitrogens with zero attached hydrogens (tertiary/aromatic N) is 2. The van der Waals surface area contributed by atoms with E-state index in [0.717, 1.165) is 17.2 Å². The summed E-state index contributed by atoms with van der Waals surface area (Å²) in [4.78, 5) is 17.3. The number of anilines is 1. The van der Waals surface area contributed by atoms with Crippen molar-refractivity contribution in [2.45, 2.75) is 0 Å². The smallest absolute Gasteiger partial charge is 0.153 e. The molecule has 1 aromatic carbocycles. The number of hydrogen-bond donors (Lipinski definition) is 0. The summed E-state index contributed by atoms with van der Waals surface area (Å²) in [5.41, 5.74) is 1.24. The third kappa shape index (κ3) is 3.33. The second-order valence-corrected chi connectivity index (χ2v) is 7.02. The average Bonchev–Trinajstić information content (AvgIpc) is 2.42. The van der Waals surface area contributed by atoms with Gasteiger partial charge < -0.3 is 4.90 Å². The number of rotatable bonds is 5. The fraction of sp³-hybridized carbons (Fsp3) is 0.286. The van der Waals surface area contributed by atoms with Crippen LogP contribution in [-0.2, 0) is 9.84 Å². The Bertz CT molecular complexity index is 741. The first-order valence-corrected chi connectivity index (χ1v) is 8.20. The number of aldehydes is 1. The van der Waals surface area contributed by atoms with Crippen molar-refractivity contribution in [3.63, 3.8) is 0 Å². The first kappa shape index (κ1) is 14.5. The molecule has 6 heteroatoms. The van der Waals surface area contributed by atoms with Crippen molar-refractivity contribution in [3.8, 4) is 0 Å². The molecule has 2 aromatic rings. The highest BCUT2D eigenvalue weighted by Crippen LogP contribution is 2.21. The zero-order valence-electron chi connectivity index (χ0n) is 11.4. The third-order valence-electron chi connectivity index (χ3n) is 3.02. The van der Waals surface area contributed by atoms with E-state index < -0.39 is 9.84 Å². The van der Waals surface area contributed by atoms with Crippen LogP contribution in [0.5, 0.6) is 0 Å². The molecular weight excluding hydrogens is 276 g/mol. The van der Waals surface area contributed by atoms with Crippen molar-refractivity contribution >= 4 is 32.8 Å².